The summed E-state index contributed by atoms with van der Waals surface area (Å²) in [4.78, 5) is 13.8. The highest BCUT2D eigenvalue weighted by Gasteiger charge is 2.57. The van der Waals surface area contributed by atoms with Gasteiger partial charge in [0.1, 0.15) is 11.9 Å². The van der Waals surface area contributed by atoms with Crippen LogP contribution >= 0.6 is 15.9 Å². The highest BCUT2D eigenvalue weighted by Crippen LogP contribution is 2.45. The minimum absolute atomic E-state index is 0.0479. The molecule has 3 rings (SSSR count). The Morgan fingerprint density at radius 2 is 2.11 bits per heavy atom. The number of carbonyl (C=O) groups is 1. The molecular weight excluding hydrogens is 313 g/mol. The lowest BCUT2D eigenvalue weighted by molar-refractivity contribution is -0.136. The molecule has 1 heterocycles. The molecule has 0 unspecified atom stereocenters. The number of likely N-dealkylation sites (tertiary alicyclic amines) is 1. The van der Waals surface area contributed by atoms with E-state index in [-0.39, 0.29) is 22.7 Å². The van der Waals surface area contributed by atoms with Gasteiger partial charge in [0.05, 0.1) is 19.1 Å². The van der Waals surface area contributed by atoms with Crippen LogP contribution in [0.3, 0.4) is 0 Å². The molecule has 1 aliphatic heterocycles. The lowest BCUT2D eigenvalue weighted by atomic mass is 10.1. The maximum Gasteiger partial charge on any atom is 0.227 e. The zero-order chi connectivity index (χ0) is 13.6. The molecule has 2 aliphatic rings. The molecule has 5 heteroatoms. The Morgan fingerprint density at radius 1 is 1.42 bits per heavy atom. The van der Waals surface area contributed by atoms with Gasteiger partial charge in [-0.05, 0) is 24.1 Å². The van der Waals surface area contributed by atoms with Crippen LogP contribution < -0.4 is 4.74 Å². The number of rotatable bonds is 3. The van der Waals surface area contributed by atoms with Gasteiger partial charge >= 0.3 is 0 Å². The number of fused-ring (bicyclic) bond motifs is 2. The van der Waals surface area contributed by atoms with E-state index in [1.165, 1.54) is 0 Å². The lowest BCUT2D eigenvalue weighted by Gasteiger charge is -2.29. The number of halogens is 2. The van der Waals surface area contributed by atoms with Gasteiger partial charge in [-0.15, -0.1) is 0 Å². The molecule has 1 aromatic carbocycles. The lowest BCUT2D eigenvalue weighted by Crippen LogP contribution is -2.43. The molecule has 1 saturated carbocycles. The molecule has 4 atom stereocenters. The second kappa shape index (κ2) is 4.78. The van der Waals surface area contributed by atoms with Crippen molar-refractivity contribution in [3.8, 4) is 5.75 Å². The topological polar surface area (TPSA) is 29.5 Å². The zero-order valence-corrected chi connectivity index (χ0v) is 12.1. The van der Waals surface area contributed by atoms with Gasteiger partial charge in [-0.2, -0.15) is 0 Å². The summed E-state index contributed by atoms with van der Waals surface area (Å²) in [5, 5.41) is 0. The summed E-state index contributed by atoms with van der Waals surface area (Å²) in [6, 6.07) is 7.21. The number of alkyl halides is 2. The van der Waals surface area contributed by atoms with Crippen LogP contribution in [0.5, 0.6) is 5.75 Å². The van der Waals surface area contributed by atoms with Crippen molar-refractivity contribution in [2.45, 2.75) is 30.0 Å². The standard InChI is InChI=1S/C14H15BrFNO2/c1-19-9-4-2-8(3-5-9)7-17-13-11(16)6-10(12(13)15)14(17)18/h2-5,10-13H,6-7H2,1H3/t10-,11-,12+,13+/m1/s1. The van der Waals surface area contributed by atoms with E-state index in [9.17, 15) is 9.18 Å². The zero-order valence-electron chi connectivity index (χ0n) is 10.6. The first-order valence-corrected chi connectivity index (χ1v) is 7.25. The summed E-state index contributed by atoms with van der Waals surface area (Å²) in [5.41, 5.74) is 0.994. The van der Waals surface area contributed by atoms with Crippen LogP contribution in [0.4, 0.5) is 4.39 Å². The fourth-order valence-electron chi connectivity index (χ4n) is 3.02. The van der Waals surface area contributed by atoms with Crippen LogP contribution in [0.15, 0.2) is 24.3 Å². The Kier molecular flexibility index (Phi) is 3.25. The Labute approximate surface area is 119 Å². The summed E-state index contributed by atoms with van der Waals surface area (Å²) in [6.45, 7) is 0.465. The second-order valence-electron chi connectivity index (χ2n) is 5.11. The Bertz CT molecular complexity index is 493. The molecule has 1 saturated heterocycles. The van der Waals surface area contributed by atoms with Gasteiger partial charge in [0.2, 0.25) is 5.91 Å². The maximum atomic E-state index is 13.9. The van der Waals surface area contributed by atoms with Gasteiger partial charge in [-0.1, -0.05) is 28.1 Å². The minimum Gasteiger partial charge on any atom is -0.497 e. The Hall–Kier alpha value is -1.10. The number of hydrogen-bond acceptors (Lipinski definition) is 2. The largest absolute Gasteiger partial charge is 0.497 e. The third-order valence-corrected chi connectivity index (χ3v) is 5.21. The van der Waals surface area contributed by atoms with E-state index in [2.05, 4.69) is 15.9 Å². The number of benzene rings is 1. The van der Waals surface area contributed by atoms with E-state index in [0.717, 1.165) is 11.3 Å². The van der Waals surface area contributed by atoms with Crippen LogP contribution in [0.1, 0.15) is 12.0 Å². The Morgan fingerprint density at radius 3 is 2.68 bits per heavy atom. The Balaban J connectivity index is 1.77. The maximum absolute atomic E-state index is 13.9. The van der Waals surface area contributed by atoms with Gasteiger partial charge in [-0.25, -0.2) is 4.39 Å². The summed E-state index contributed by atoms with van der Waals surface area (Å²) in [6.07, 6.45) is -0.552. The SMILES string of the molecule is COc1ccc(CN2C(=O)[C@@H]3C[C@@H](F)[C@H]2[C@H]3Br)cc1. The molecule has 3 nitrogen and oxygen atoms in total. The molecule has 2 bridgehead atoms. The van der Waals surface area contributed by atoms with E-state index in [1.807, 2.05) is 24.3 Å². The number of nitrogens with zero attached hydrogens (tertiary/aromatic N) is 1. The van der Waals surface area contributed by atoms with Crippen molar-refractivity contribution in [3.05, 3.63) is 29.8 Å². The highest BCUT2D eigenvalue weighted by molar-refractivity contribution is 9.09. The number of ether oxygens (including phenoxy) is 1. The van der Waals surface area contributed by atoms with Crippen LogP contribution in [0.25, 0.3) is 0 Å². The van der Waals surface area contributed by atoms with Gasteiger partial charge in [0.15, 0.2) is 0 Å². The second-order valence-corrected chi connectivity index (χ2v) is 6.16. The first-order chi connectivity index (χ1) is 9.11. The van der Waals surface area contributed by atoms with Crippen molar-refractivity contribution in [3.63, 3.8) is 0 Å². The summed E-state index contributed by atoms with van der Waals surface area (Å²) in [5.74, 6) is 0.648. The average molecular weight is 328 g/mol. The van der Waals surface area contributed by atoms with Crippen molar-refractivity contribution < 1.29 is 13.9 Å². The van der Waals surface area contributed by atoms with E-state index in [1.54, 1.807) is 12.0 Å². The quantitative estimate of drug-likeness (QED) is 0.798. The van der Waals surface area contributed by atoms with Crippen molar-refractivity contribution >= 4 is 21.8 Å². The molecule has 1 aliphatic carbocycles. The highest BCUT2D eigenvalue weighted by atomic mass is 79.9. The predicted molar refractivity (Wildman–Crippen MR) is 73.1 cm³/mol. The van der Waals surface area contributed by atoms with Crippen LogP contribution in [-0.2, 0) is 11.3 Å². The molecule has 2 fully saturated rings. The van der Waals surface area contributed by atoms with Crippen molar-refractivity contribution in [2.75, 3.05) is 7.11 Å². The van der Waals surface area contributed by atoms with E-state index in [0.29, 0.717) is 13.0 Å². The van der Waals surface area contributed by atoms with Crippen molar-refractivity contribution in [1.29, 1.82) is 0 Å². The number of carbonyl (C=O) groups excluding carboxylic acids is 1. The average Bonchev–Trinajstić information content (AvgIpc) is 2.82. The third kappa shape index (κ3) is 2.04. The number of methoxy groups -OCH3 is 1. The molecular formula is C14H15BrFNO2. The van der Waals surface area contributed by atoms with E-state index in [4.69, 9.17) is 4.74 Å². The molecule has 1 amide bonds. The van der Waals surface area contributed by atoms with Crippen molar-refractivity contribution in [1.82, 2.24) is 4.90 Å². The number of amides is 1. The normalized spacial score (nSPS) is 33.0. The van der Waals surface area contributed by atoms with Gasteiger partial charge in [0, 0.05) is 11.4 Å². The monoisotopic (exact) mass is 327 g/mol. The predicted octanol–water partition coefficient (Wildman–Crippen LogP) is 2.53. The van der Waals surface area contributed by atoms with Gasteiger partial charge < -0.3 is 9.64 Å². The molecule has 0 aromatic heterocycles. The number of piperidine rings is 1. The molecule has 0 radical (unpaired) electrons. The van der Waals surface area contributed by atoms with E-state index >= 15 is 0 Å². The van der Waals surface area contributed by atoms with Gasteiger partial charge in [0.25, 0.3) is 0 Å². The number of hydrogen-bond donors (Lipinski definition) is 0. The first kappa shape index (κ1) is 12.9. The summed E-state index contributed by atoms with van der Waals surface area (Å²) < 4.78 is 19.0. The van der Waals surface area contributed by atoms with Gasteiger partial charge in [-0.3, -0.25) is 4.79 Å². The molecule has 0 N–H and O–H groups in total. The molecule has 1 aromatic rings. The summed E-state index contributed by atoms with van der Waals surface area (Å²) in [7, 11) is 1.61. The molecule has 0 spiro atoms. The third-order valence-electron chi connectivity index (χ3n) is 4.03. The van der Waals surface area contributed by atoms with E-state index < -0.39 is 6.17 Å². The minimum atomic E-state index is -0.912. The fraction of sp³-hybridized carbons (Fsp3) is 0.500. The molecule has 102 valence electrons. The van der Waals surface area contributed by atoms with Crippen LogP contribution in [-0.4, -0.2) is 35.0 Å². The molecule has 19 heavy (non-hydrogen) atoms. The smallest absolute Gasteiger partial charge is 0.227 e. The van der Waals surface area contributed by atoms with Crippen LogP contribution in [0, 0.1) is 5.92 Å². The van der Waals surface area contributed by atoms with Crippen LogP contribution in [0.2, 0.25) is 0 Å². The fourth-order valence-corrected chi connectivity index (χ4v) is 4.08. The first-order valence-electron chi connectivity index (χ1n) is 6.33. The van der Waals surface area contributed by atoms with Crippen molar-refractivity contribution in [2.24, 2.45) is 5.92 Å². The summed E-state index contributed by atoms with van der Waals surface area (Å²) >= 11 is 3.47.